The van der Waals surface area contributed by atoms with Crippen LogP contribution in [-0.4, -0.2) is 38.0 Å². The number of allylic oxidation sites excluding steroid dienone is 1. The molecule has 2 nitrogen and oxygen atoms in total. The quantitative estimate of drug-likeness (QED) is 0.574. The van der Waals surface area contributed by atoms with Crippen LogP contribution in [0.4, 0.5) is 0 Å². The maximum absolute atomic E-state index is 2.12. The van der Waals surface area contributed by atoms with E-state index in [-0.39, 0.29) is 0 Å². The molecule has 0 aromatic heterocycles. The van der Waals surface area contributed by atoms with Crippen LogP contribution in [0, 0.1) is 0 Å². The Bertz CT molecular complexity index is 120. The normalized spacial score (nSPS) is 9.00. The van der Waals surface area contributed by atoms with Gasteiger partial charge < -0.3 is 9.80 Å². The van der Waals surface area contributed by atoms with Crippen molar-refractivity contribution < 1.29 is 0 Å². The maximum Gasteiger partial charge on any atom is 0.101 e. The molecule has 2 heteroatoms. The zero-order chi connectivity index (χ0) is 8.31. The Morgan fingerprint density at radius 1 is 0.800 bits per heavy atom. The Kier molecular flexibility index (Phi) is 3.26. The molecule has 0 aromatic rings. The zero-order valence-corrected chi connectivity index (χ0v) is 7.89. The van der Waals surface area contributed by atoms with Gasteiger partial charge >= 0.3 is 0 Å². The van der Waals surface area contributed by atoms with Crippen LogP contribution in [0.1, 0.15) is 13.8 Å². The molecular formula is C8H18N2. The second-order valence-electron chi connectivity index (χ2n) is 3.11. The van der Waals surface area contributed by atoms with Gasteiger partial charge in [0.1, 0.15) is 5.82 Å². The Balaban J connectivity index is 4.44. The van der Waals surface area contributed by atoms with Crippen molar-refractivity contribution in [1.82, 2.24) is 9.80 Å². The molecule has 0 aliphatic heterocycles. The summed E-state index contributed by atoms with van der Waals surface area (Å²) >= 11 is 0. The van der Waals surface area contributed by atoms with E-state index < -0.39 is 0 Å². The lowest BCUT2D eigenvalue weighted by Crippen LogP contribution is -2.25. The third-order valence-electron chi connectivity index (χ3n) is 1.29. The predicted octanol–water partition coefficient (Wildman–Crippen LogP) is 1.36. The van der Waals surface area contributed by atoms with Crippen LogP contribution in [0.25, 0.3) is 0 Å². The summed E-state index contributed by atoms with van der Waals surface area (Å²) in [6.07, 6.45) is 0. The minimum atomic E-state index is 1.28. The van der Waals surface area contributed by atoms with Gasteiger partial charge in [-0.2, -0.15) is 0 Å². The van der Waals surface area contributed by atoms with Crippen LogP contribution >= 0.6 is 0 Å². The zero-order valence-electron chi connectivity index (χ0n) is 7.89. The third-order valence-corrected chi connectivity index (χ3v) is 1.29. The molecule has 0 N–H and O–H groups in total. The molecule has 0 fully saturated rings. The van der Waals surface area contributed by atoms with Crippen molar-refractivity contribution in [3.8, 4) is 0 Å². The molecule has 0 atom stereocenters. The highest BCUT2D eigenvalue weighted by molar-refractivity contribution is 5.05. The summed E-state index contributed by atoms with van der Waals surface area (Å²) in [5.41, 5.74) is 1.34. The molecule has 0 spiro atoms. The third kappa shape index (κ3) is 2.29. The lowest BCUT2D eigenvalue weighted by Gasteiger charge is -2.26. The average molecular weight is 142 g/mol. The van der Waals surface area contributed by atoms with E-state index >= 15 is 0 Å². The van der Waals surface area contributed by atoms with Crippen molar-refractivity contribution in [3.63, 3.8) is 0 Å². The van der Waals surface area contributed by atoms with Gasteiger partial charge in [0.05, 0.1) is 0 Å². The molecule has 0 rings (SSSR count). The number of hydrogen-bond donors (Lipinski definition) is 0. The fourth-order valence-corrected chi connectivity index (χ4v) is 1.29. The standard InChI is InChI=1S/C8H18N2/c1-7(2)8(9(3)4)10(5)6/h1-6H3. The molecule has 0 unspecified atom stereocenters. The summed E-state index contributed by atoms with van der Waals surface area (Å²) in [6.45, 7) is 4.24. The van der Waals surface area contributed by atoms with Crippen LogP contribution in [0.2, 0.25) is 0 Å². The Hall–Kier alpha value is -0.660. The van der Waals surface area contributed by atoms with Crippen LogP contribution in [0.15, 0.2) is 11.4 Å². The fraction of sp³-hybridized carbons (Fsp3) is 0.750. The smallest absolute Gasteiger partial charge is 0.101 e. The predicted molar refractivity (Wildman–Crippen MR) is 45.7 cm³/mol. The Labute approximate surface area is 64.1 Å². The summed E-state index contributed by atoms with van der Waals surface area (Å²) in [5, 5.41) is 0. The molecule has 0 aliphatic carbocycles. The van der Waals surface area contributed by atoms with E-state index in [2.05, 4.69) is 51.8 Å². The van der Waals surface area contributed by atoms with Crippen LogP contribution in [0.3, 0.4) is 0 Å². The van der Waals surface area contributed by atoms with Gasteiger partial charge in [-0.15, -0.1) is 0 Å². The van der Waals surface area contributed by atoms with Gasteiger partial charge in [-0.25, -0.2) is 0 Å². The topological polar surface area (TPSA) is 6.48 Å². The molecule has 0 aromatic carbocycles. The van der Waals surface area contributed by atoms with Crippen molar-refractivity contribution in [2.75, 3.05) is 28.2 Å². The van der Waals surface area contributed by atoms with Crippen molar-refractivity contribution in [3.05, 3.63) is 11.4 Å². The fourth-order valence-electron chi connectivity index (χ4n) is 1.29. The second kappa shape index (κ2) is 3.49. The first-order valence-electron chi connectivity index (χ1n) is 3.49. The SMILES string of the molecule is CC(C)=C(N(C)C)N(C)C. The Morgan fingerprint density at radius 2 is 1.10 bits per heavy atom. The van der Waals surface area contributed by atoms with E-state index in [1.165, 1.54) is 11.4 Å². The van der Waals surface area contributed by atoms with Gasteiger partial charge in [0.25, 0.3) is 0 Å². The molecule has 0 bridgehead atoms. The van der Waals surface area contributed by atoms with Gasteiger partial charge in [-0.05, 0) is 19.4 Å². The van der Waals surface area contributed by atoms with Crippen LogP contribution in [-0.2, 0) is 0 Å². The van der Waals surface area contributed by atoms with Gasteiger partial charge in [0.15, 0.2) is 0 Å². The summed E-state index contributed by atoms with van der Waals surface area (Å²) in [7, 11) is 8.23. The van der Waals surface area contributed by atoms with E-state index in [1.807, 2.05) is 0 Å². The van der Waals surface area contributed by atoms with Crippen molar-refractivity contribution in [2.45, 2.75) is 13.8 Å². The summed E-state index contributed by atoms with van der Waals surface area (Å²) < 4.78 is 0. The number of hydrogen-bond acceptors (Lipinski definition) is 2. The molecule has 0 saturated heterocycles. The first-order chi connectivity index (χ1) is 4.46. The van der Waals surface area contributed by atoms with E-state index in [0.717, 1.165) is 0 Å². The highest BCUT2D eigenvalue weighted by atomic mass is 15.3. The lowest BCUT2D eigenvalue weighted by molar-refractivity contribution is 0.336. The van der Waals surface area contributed by atoms with E-state index in [9.17, 15) is 0 Å². The number of nitrogens with zero attached hydrogens (tertiary/aromatic N) is 2. The van der Waals surface area contributed by atoms with Crippen molar-refractivity contribution in [1.29, 1.82) is 0 Å². The minimum absolute atomic E-state index is 1.28. The highest BCUT2D eigenvalue weighted by Crippen LogP contribution is 2.07. The van der Waals surface area contributed by atoms with E-state index in [4.69, 9.17) is 0 Å². The molecule has 0 radical (unpaired) electrons. The summed E-state index contributed by atoms with van der Waals surface area (Å²) in [6, 6.07) is 0. The van der Waals surface area contributed by atoms with Gasteiger partial charge in [0, 0.05) is 28.2 Å². The summed E-state index contributed by atoms with van der Waals surface area (Å²) in [4.78, 5) is 4.24. The average Bonchev–Trinajstić information content (AvgIpc) is 1.59. The van der Waals surface area contributed by atoms with Crippen molar-refractivity contribution in [2.24, 2.45) is 0 Å². The first kappa shape index (κ1) is 9.34. The Morgan fingerprint density at radius 3 is 1.10 bits per heavy atom. The summed E-state index contributed by atoms with van der Waals surface area (Å²) in [5.74, 6) is 1.28. The van der Waals surface area contributed by atoms with Crippen molar-refractivity contribution >= 4 is 0 Å². The van der Waals surface area contributed by atoms with E-state index in [1.54, 1.807) is 0 Å². The number of rotatable bonds is 2. The largest absolute Gasteiger partial charge is 0.364 e. The van der Waals surface area contributed by atoms with Gasteiger partial charge in [-0.3, -0.25) is 0 Å². The molecule has 10 heavy (non-hydrogen) atoms. The molecule has 0 saturated carbocycles. The molecular weight excluding hydrogens is 124 g/mol. The lowest BCUT2D eigenvalue weighted by atomic mass is 10.3. The monoisotopic (exact) mass is 142 g/mol. The maximum atomic E-state index is 2.12. The van der Waals surface area contributed by atoms with Crippen LogP contribution < -0.4 is 0 Å². The minimum Gasteiger partial charge on any atom is -0.364 e. The molecule has 0 aliphatic rings. The van der Waals surface area contributed by atoms with Gasteiger partial charge in [-0.1, -0.05) is 0 Å². The molecule has 60 valence electrons. The first-order valence-corrected chi connectivity index (χ1v) is 3.49. The second-order valence-corrected chi connectivity index (χ2v) is 3.11. The molecule has 0 heterocycles. The highest BCUT2D eigenvalue weighted by Gasteiger charge is 2.02. The van der Waals surface area contributed by atoms with Crippen LogP contribution in [0.5, 0.6) is 0 Å². The van der Waals surface area contributed by atoms with E-state index in [0.29, 0.717) is 0 Å². The molecule has 0 amide bonds. The van der Waals surface area contributed by atoms with Gasteiger partial charge in [0.2, 0.25) is 0 Å².